The van der Waals surface area contributed by atoms with E-state index in [0.29, 0.717) is 12.2 Å². The second-order valence-corrected chi connectivity index (χ2v) is 6.90. The molecule has 1 aromatic heterocycles. The van der Waals surface area contributed by atoms with Crippen molar-refractivity contribution in [1.82, 2.24) is 20.3 Å². The maximum atomic E-state index is 11.9. The molecule has 28 heavy (non-hydrogen) atoms. The molecule has 144 valence electrons. The molecule has 1 atom stereocenters. The molecule has 1 N–H and O–H groups in total. The van der Waals surface area contributed by atoms with E-state index in [1.807, 2.05) is 30.3 Å². The van der Waals surface area contributed by atoms with Crippen molar-refractivity contribution in [3.63, 3.8) is 0 Å². The molecule has 1 aliphatic rings. The van der Waals surface area contributed by atoms with Gasteiger partial charge < -0.3 is 10.1 Å². The summed E-state index contributed by atoms with van der Waals surface area (Å²) < 4.78 is 6.58. The molecule has 1 aliphatic carbocycles. The first kappa shape index (κ1) is 19.3. The van der Waals surface area contributed by atoms with E-state index in [1.54, 1.807) is 17.8 Å². The van der Waals surface area contributed by atoms with Crippen LogP contribution >= 0.6 is 0 Å². The van der Waals surface area contributed by atoms with Gasteiger partial charge in [-0.2, -0.15) is 5.26 Å². The van der Waals surface area contributed by atoms with Gasteiger partial charge in [-0.3, -0.25) is 4.79 Å². The molecule has 0 aliphatic heterocycles. The molecule has 1 amide bonds. The van der Waals surface area contributed by atoms with Crippen LogP contribution in [0.5, 0.6) is 0 Å². The SMILES string of the molecule is C[C@](C#N)(NC(=O)COC(=O)/C=C/c1cn(Cc2ccccc2)nn1)C1CC1. The Labute approximate surface area is 162 Å². The Kier molecular flexibility index (Phi) is 5.84. The van der Waals surface area contributed by atoms with Gasteiger partial charge in [-0.05, 0) is 37.3 Å². The van der Waals surface area contributed by atoms with Crippen LogP contribution < -0.4 is 5.32 Å². The van der Waals surface area contributed by atoms with E-state index in [0.717, 1.165) is 18.4 Å². The van der Waals surface area contributed by atoms with Crippen LogP contribution in [0.1, 0.15) is 31.0 Å². The van der Waals surface area contributed by atoms with Crippen molar-refractivity contribution < 1.29 is 14.3 Å². The first-order chi connectivity index (χ1) is 13.5. The quantitative estimate of drug-likeness (QED) is 0.552. The van der Waals surface area contributed by atoms with Crippen LogP contribution in [-0.2, 0) is 20.9 Å². The highest BCUT2D eigenvalue weighted by Gasteiger charge is 2.43. The molecular weight excluding hydrogens is 358 g/mol. The summed E-state index contributed by atoms with van der Waals surface area (Å²) in [6, 6.07) is 11.9. The highest BCUT2D eigenvalue weighted by Crippen LogP contribution is 2.39. The third-order valence-electron chi connectivity index (χ3n) is 4.50. The number of esters is 1. The summed E-state index contributed by atoms with van der Waals surface area (Å²) in [7, 11) is 0. The van der Waals surface area contributed by atoms with Crippen molar-refractivity contribution in [2.24, 2.45) is 5.92 Å². The summed E-state index contributed by atoms with van der Waals surface area (Å²) in [6.45, 7) is 1.82. The maximum Gasteiger partial charge on any atom is 0.331 e. The van der Waals surface area contributed by atoms with Crippen molar-refractivity contribution in [1.29, 1.82) is 5.26 Å². The summed E-state index contributed by atoms with van der Waals surface area (Å²) in [5.74, 6) is -1.00. The summed E-state index contributed by atoms with van der Waals surface area (Å²) >= 11 is 0. The van der Waals surface area contributed by atoms with Crippen LogP contribution in [0.2, 0.25) is 0 Å². The van der Waals surface area contributed by atoms with Crippen molar-refractivity contribution in [3.05, 3.63) is 53.9 Å². The molecule has 0 saturated heterocycles. The van der Waals surface area contributed by atoms with Crippen molar-refractivity contribution in [2.45, 2.75) is 31.8 Å². The van der Waals surface area contributed by atoms with Gasteiger partial charge in [-0.15, -0.1) is 5.10 Å². The van der Waals surface area contributed by atoms with Crippen molar-refractivity contribution in [3.8, 4) is 6.07 Å². The minimum Gasteiger partial charge on any atom is -0.452 e. The Balaban J connectivity index is 1.45. The molecule has 1 saturated carbocycles. The fourth-order valence-corrected chi connectivity index (χ4v) is 2.78. The van der Waals surface area contributed by atoms with E-state index < -0.39 is 24.0 Å². The van der Waals surface area contributed by atoms with Gasteiger partial charge in [-0.1, -0.05) is 35.5 Å². The number of benzene rings is 1. The first-order valence-corrected chi connectivity index (χ1v) is 9.00. The zero-order valence-electron chi connectivity index (χ0n) is 15.5. The van der Waals surface area contributed by atoms with Gasteiger partial charge in [0.05, 0.1) is 18.8 Å². The van der Waals surface area contributed by atoms with Gasteiger partial charge in [0, 0.05) is 6.08 Å². The minimum absolute atomic E-state index is 0.163. The highest BCUT2D eigenvalue weighted by molar-refractivity contribution is 5.89. The number of rotatable bonds is 8. The molecule has 3 rings (SSSR count). The molecule has 0 spiro atoms. The third-order valence-corrected chi connectivity index (χ3v) is 4.50. The maximum absolute atomic E-state index is 11.9. The van der Waals surface area contributed by atoms with Crippen LogP contribution in [0, 0.1) is 17.2 Å². The molecule has 8 nitrogen and oxygen atoms in total. The summed E-state index contributed by atoms with van der Waals surface area (Å²) in [4.78, 5) is 23.7. The predicted octanol–water partition coefficient (Wildman–Crippen LogP) is 1.69. The van der Waals surface area contributed by atoms with E-state index in [9.17, 15) is 14.9 Å². The van der Waals surface area contributed by atoms with Crippen LogP contribution in [0.15, 0.2) is 42.6 Å². The number of ether oxygens (including phenoxy) is 1. The van der Waals surface area contributed by atoms with Gasteiger partial charge in [0.1, 0.15) is 11.2 Å². The van der Waals surface area contributed by atoms with Crippen molar-refractivity contribution in [2.75, 3.05) is 6.61 Å². The van der Waals surface area contributed by atoms with Gasteiger partial charge in [0.2, 0.25) is 0 Å². The molecule has 2 aromatic rings. The Morgan fingerprint density at radius 3 is 2.82 bits per heavy atom. The molecule has 1 fully saturated rings. The lowest BCUT2D eigenvalue weighted by Gasteiger charge is -2.22. The number of carbonyl (C=O) groups is 2. The Bertz CT molecular complexity index is 911. The first-order valence-electron chi connectivity index (χ1n) is 9.00. The molecule has 8 heteroatoms. The van der Waals surface area contributed by atoms with Gasteiger partial charge in [0.15, 0.2) is 6.61 Å². The monoisotopic (exact) mass is 379 g/mol. The van der Waals surface area contributed by atoms with E-state index in [4.69, 9.17) is 4.74 Å². The van der Waals surface area contributed by atoms with Crippen LogP contribution in [0.4, 0.5) is 0 Å². The molecular formula is C20H21N5O3. The highest BCUT2D eigenvalue weighted by atomic mass is 16.5. The number of nitriles is 1. The largest absolute Gasteiger partial charge is 0.452 e. The molecule has 0 unspecified atom stereocenters. The molecule has 0 radical (unpaired) electrons. The topological polar surface area (TPSA) is 110 Å². The zero-order chi connectivity index (χ0) is 20.0. The summed E-state index contributed by atoms with van der Waals surface area (Å²) in [6.07, 6.45) is 6.19. The summed E-state index contributed by atoms with van der Waals surface area (Å²) in [5.41, 5.74) is 0.684. The van der Waals surface area contributed by atoms with Gasteiger partial charge in [-0.25, -0.2) is 9.48 Å². The lowest BCUT2D eigenvalue weighted by Crippen LogP contribution is -2.48. The lowest BCUT2D eigenvalue weighted by molar-refractivity contribution is -0.144. The second-order valence-electron chi connectivity index (χ2n) is 6.90. The number of aromatic nitrogens is 3. The van der Waals surface area contributed by atoms with Crippen molar-refractivity contribution >= 4 is 18.0 Å². The Hall–Kier alpha value is -3.47. The van der Waals surface area contributed by atoms with Crippen LogP contribution in [0.3, 0.4) is 0 Å². The lowest BCUT2D eigenvalue weighted by atomic mass is 9.98. The number of nitrogens with zero attached hydrogens (tertiary/aromatic N) is 4. The average Bonchev–Trinajstić information content (AvgIpc) is 3.47. The Morgan fingerprint density at radius 1 is 1.39 bits per heavy atom. The number of hydrogen-bond donors (Lipinski definition) is 1. The van der Waals surface area contributed by atoms with E-state index >= 15 is 0 Å². The minimum atomic E-state index is -0.906. The summed E-state index contributed by atoms with van der Waals surface area (Å²) in [5, 5.41) is 19.8. The fourth-order valence-electron chi connectivity index (χ4n) is 2.78. The van der Waals surface area contributed by atoms with Crippen LogP contribution in [0.25, 0.3) is 6.08 Å². The standard InChI is InChI=1S/C20H21N5O3/c1-20(14-21,16-7-8-16)22-18(26)13-28-19(27)10-9-17-12-25(24-23-17)11-15-5-3-2-4-6-15/h2-6,9-10,12,16H,7-8,11,13H2,1H3,(H,22,26)/b10-9+/t20-/m1/s1. The van der Waals surface area contributed by atoms with Gasteiger partial charge in [0.25, 0.3) is 5.91 Å². The van der Waals surface area contributed by atoms with E-state index in [-0.39, 0.29) is 5.92 Å². The Morgan fingerprint density at radius 2 is 2.14 bits per heavy atom. The van der Waals surface area contributed by atoms with E-state index in [2.05, 4.69) is 21.7 Å². The molecule has 1 aromatic carbocycles. The number of carbonyl (C=O) groups excluding carboxylic acids is 2. The number of amides is 1. The second kappa shape index (κ2) is 8.48. The third kappa shape index (κ3) is 5.27. The zero-order valence-corrected chi connectivity index (χ0v) is 15.5. The molecule has 1 heterocycles. The fraction of sp³-hybridized carbons (Fsp3) is 0.350. The normalized spacial score (nSPS) is 15.6. The smallest absolute Gasteiger partial charge is 0.331 e. The van der Waals surface area contributed by atoms with E-state index in [1.165, 1.54) is 12.2 Å². The average molecular weight is 379 g/mol. The number of nitrogens with one attached hydrogen (secondary N) is 1. The van der Waals surface area contributed by atoms with Crippen LogP contribution in [-0.4, -0.2) is 39.0 Å². The van der Waals surface area contributed by atoms with Gasteiger partial charge >= 0.3 is 5.97 Å². The predicted molar refractivity (Wildman–Crippen MR) is 100 cm³/mol. The number of hydrogen-bond acceptors (Lipinski definition) is 6. The molecule has 0 bridgehead atoms.